The molecule has 160 valence electrons. The zero-order valence-corrected chi connectivity index (χ0v) is 20.2. The molecule has 0 aliphatic carbocycles. The molecule has 0 saturated heterocycles. The van der Waals surface area contributed by atoms with Crippen molar-refractivity contribution in [3.8, 4) is 0 Å². The molecule has 0 spiro atoms. The van der Waals surface area contributed by atoms with Crippen LogP contribution >= 0.6 is 24.0 Å². The fourth-order valence-electron chi connectivity index (χ4n) is 3.18. The monoisotopic (exact) mass is 518 g/mol. The van der Waals surface area contributed by atoms with Gasteiger partial charge in [-0.2, -0.15) is 5.10 Å². The van der Waals surface area contributed by atoms with E-state index in [1.165, 1.54) is 22.3 Å². The Bertz CT molecular complexity index is 923. The molecule has 0 saturated carbocycles. The van der Waals surface area contributed by atoms with Crippen LogP contribution in [0, 0.1) is 6.92 Å². The normalized spacial score (nSPS) is 12.2. The number of nitrogens with zero attached hydrogens (tertiary/aromatic N) is 4. The van der Waals surface area contributed by atoms with Crippen LogP contribution in [-0.4, -0.2) is 33.8 Å². The standard InChI is InChI=1S/C23H30N6.HI/c1-4-25-23(26-13-19(3)22-10-5-7-18(2)11-22)27-14-20-8-6-9-21(12-20)15-29-17-24-16-28-29;/h5-12,16-17,19H,4,13-15H2,1-3H3,(H2,25,26,27);1H. The molecule has 1 aromatic heterocycles. The van der Waals surface area contributed by atoms with Crippen molar-refractivity contribution in [1.82, 2.24) is 25.4 Å². The highest BCUT2D eigenvalue weighted by atomic mass is 127. The second-order valence-electron chi connectivity index (χ2n) is 7.30. The Morgan fingerprint density at radius 1 is 1.10 bits per heavy atom. The van der Waals surface area contributed by atoms with Crippen molar-refractivity contribution in [2.75, 3.05) is 13.1 Å². The molecule has 2 N–H and O–H groups in total. The van der Waals surface area contributed by atoms with Gasteiger partial charge in [0, 0.05) is 13.1 Å². The van der Waals surface area contributed by atoms with E-state index >= 15 is 0 Å². The molecule has 0 bridgehead atoms. The summed E-state index contributed by atoms with van der Waals surface area (Å²) in [5.74, 6) is 1.25. The van der Waals surface area contributed by atoms with Gasteiger partial charge in [0.15, 0.2) is 5.96 Å². The molecular formula is C23H31IN6. The molecule has 3 aromatic rings. The fourth-order valence-corrected chi connectivity index (χ4v) is 3.18. The van der Waals surface area contributed by atoms with E-state index < -0.39 is 0 Å². The maximum Gasteiger partial charge on any atom is 0.191 e. The fraction of sp³-hybridized carbons (Fsp3) is 0.348. The van der Waals surface area contributed by atoms with Crippen molar-refractivity contribution in [3.05, 3.63) is 83.4 Å². The van der Waals surface area contributed by atoms with Gasteiger partial charge in [-0.05, 0) is 36.5 Å². The number of halogens is 1. The zero-order valence-electron chi connectivity index (χ0n) is 17.9. The Morgan fingerprint density at radius 3 is 2.63 bits per heavy atom. The van der Waals surface area contributed by atoms with Crippen LogP contribution in [0.3, 0.4) is 0 Å². The van der Waals surface area contributed by atoms with Crippen LogP contribution in [0.15, 0.2) is 66.2 Å². The molecule has 1 unspecified atom stereocenters. The molecule has 2 aromatic carbocycles. The lowest BCUT2D eigenvalue weighted by Gasteiger charge is -2.16. The summed E-state index contributed by atoms with van der Waals surface area (Å²) in [7, 11) is 0. The lowest BCUT2D eigenvalue weighted by atomic mass is 9.99. The number of nitrogens with one attached hydrogen (secondary N) is 2. The van der Waals surface area contributed by atoms with E-state index in [0.717, 1.165) is 19.0 Å². The molecule has 0 aliphatic rings. The number of rotatable bonds is 8. The summed E-state index contributed by atoms with van der Waals surface area (Å²) < 4.78 is 1.82. The van der Waals surface area contributed by atoms with Gasteiger partial charge in [0.2, 0.25) is 0 Å². The maximum atomic E-state index is 4.76. The maximum absolute atomic E-state index is 4.76. The number of aliphatic imine (C=N–C) groups is 1. The van der Waals surface area contributed by atoms with Gasteiger partial charge in [-0.25, -0.2) is 14.7 Å². The van der Waals surface area contributed by atoms with Crippen LogP contribution in [0.5, 0.6) is 0 Å². The Balaban J connectivity index is 0.00000320. The molecular weight excluding hydrogens is 487 g/mol. The van der Waals surface area contributed by atoms with Gasteiger partial charge in [-0.1, -0.05) is 61.0 Å². The van der Waals surface area contributed by atoms with E-state index in [1.54, 1.807) is 12.7 Å². The third-order valence-corrected chi connectivity index (χ3v) is 4.75. The molecule has 0 amide bonds. The van der Waals surface area contributed by atoms with Crippen LogP contribution in [0.4, 0.5) is 0 Å². The minimum Gasteiger partial charge on any atom is -0.357 e. The average molecular weight is 518 g/mol. The van der Waals surface area contributed by atoms with Crippen molar-refractivity contribution in [1.29, 1.82) is 0 Å². The van der Waals surface area contributed by atoms with E-state index in [9.17, 15) is 0 Å². The second kappa shape index (κ2) is 12.3. The average Bonchev–Trinajstić information content (AvgIpc) is 3.23. The second-order valence-corrected chi connectivity index (χ2v) is 7.30. The number of aryl methyl sites for hydroxylation is 1. The summed E-state index contributed by atoms with van der Waals surface area (Å²) >= 11 is 0. The summed E-state index contributed by atoms with van der Waals surface area (Å²) in [6, 6.07) is 17.1. The molecule has 30 heavy (non-hydrogen) atoms. The van der Waals surface area contributed by atoms with Crippen molar-refractivity contribution < 1.29 is 0 Å². The number of aromatic nitrogens is 3. The summed E-state index contributed by atoms with van der Waals surface area (Å²) in [6.07, 6.45) is 3.29. The van der Waals surface area contributed by atoms with Gasteiger partial charge in [-0.15, -0.1) is 24.0 Å². The predicted molar refractivity (Wildman–Crippen MR) is 133 cm³/mol. The van der Waals surface area contributed by atoms with Gasteiger partial charge >= 0.3 is 0 Å². The molecule has 6 nitrogen and oxygen atoms in total. The quantitative estimate of drug-likeness (QED) is 0.268. The third kappa shape index (κ3) is 7.44. The summed E-state index contributed by atoms with van der Waals surface area (Å²) in [5.41, 5.74) is 5.00. The SMILES string of the molecule is CCNC(=NCc1cccc(Cn2cncn2)c1)NCC(C)c1cccc(C)c1.I. The minimum atomic E-state index is 0. The van der Waals surface area contributed by atoms with E-state index in [0.29, 0.717) is 19.0 Å². The first kappa shape index (κ1) is 23.9. The minimum absolute atomic E-state index is 0. The smallest absolute Gasteiger partial charge is 0.191 e. The van der Waals surface area contributed by atoms with E-state index in [2.05, 4.69) is 90.0 Å². The number of hydrogen-bond acceptors (Lipinski definition) is 3. The number of hydrogen-bond donors (Lipinski definition) is 2. The van der Waals surface area contributed by atoms with Crippen molar-refractivity contribution in [2.24, 2.45) is 4.99 Å². The van der Waals surface area contributed by atoms with Crippen molar-refractivity contribution >= 4 is 29.9 Å². The zero-order chi connectivity index (χ0) is 20.5. The number of benzene rings is 2. The molecule has 0 aliphatic heterocycles. The van der Waals surface area contributed by atoms with Gasteiger partial charge in [0.1, 0.15) is 12.7 Å². The van der Waals surface area contributed by atoms with Crippen LogP contribution in [-0.2, 0) is 13.1 Å². The Morgan fingerprint density at radius 2 is 1.90 bits per heavy atom. The highest BCUT2D eigenvalue weighted by Crippen LogP contribution is 2.15. The molecule has 1 atom stereocenters. The first-order valence-electron chi connectivity index (χ1n) is 10.1. The van der Waals surface area contributed by atoms with Crippen LogP contribution < -0.4 is 10.6 Å². The van der Waals surface area contributed by atoms with E-state index in [1.807, 2.05) is 4.68 Å². The highest BCUT2D eigenvalue weighted by Gasteiger charge is 2.07. The summed E-state index contributed by atoms with van der Waals surface area (Å²) in [4.78, 5) is 8.76. The highest BCUT2D eigenvalue weighted by molar-refractivity contribution is 14.0. The third-order valence-electron chi connectivity index (χ3n) is 4.75. The van der Waals surface area contributed by atoms with Gasteiger partial charge in [0.25, 0.3) is 0 Å². The largest absolute Gasteiger partial charge is 0.357 e. The van der Waals surface area contributed by atoms with Gasteiger partial charge in [-0.3, -0.25) is 0 Å². The van der Waals surface area contributed by atoms with E-state index in [4.69, 9.17) is 4.99 Å². The summed E-state index contributed by atoms with van der Waals surface area (Å²) in [6.45, 7) is 9.45. The first-order valence-corrected chi connectivity index (χ1v) is 10.1. The van der Waals surface area contributed by atoms with Crippen LogP contribution in [0.25, 0.3) is 0 Å². The first-order chi connectivity index (χ1) is 14.1. The van der Waals surface area contributed by atoms with Crippen molar-refractivity contribution in [3.63, 3.8) is 0 Å². The summed E-state index contributed by atoms with van der Waals surface area (Å²) in [5, 5.41) is 11.0. The molecule has 3 rings (SSSR count). The number of guanidine groups is 1. The Hall–Kier alpha value is -2.42. The van der Waals surface area contributed by atoms with Gasteiger partial charge in [0.05, 0.1) is 13.1 Å². The molecule has 1 heterocycles. The van der Waals surface area contributed by atoms with Crippen LogP contribution in [0.2, 0.25) is 0 Å². The predicted octanol–water partition coefficient (Wildman–Crippen LogP) is 4.11. The van der Waals surface area contributed by atoms with Gasteiger partial charge < -0.3 is 10.6 Å². The van der Waals surface area contributed by atoms with Crippen LogP contribution in [0.1, 0.15) is 42.0 Å². The van der Waals surface area contributed by atoms with E-state index in [-0.39, 0.29) is 24.0 Å². The lowest BCUT2D eigenvalue weighted by molar-refractivity contribution is 0.684. The molecule has 0 fully saturated rings. The molecule has 7 heteroatoms. The Labute approximate surface area is 196 Å². The van der Waals surface area contributed by atoms with Crippen molar-refractivity contribution in [2.45, 2.75) is 39.8 Å². The Kier molecular flexibility index (Phi) is 9.79. The lowest BCUT2D eigenvalue weighted by Crippen LogP contribution is -2.39. The molecule has 0 radical (unpaired) electrons. The topological polar surface area (TPSA) is 67.1 Å².